The van der Waals surface area contributed by atoms with Crippen molar-refractivity contribution in [3.63, 3.8) is 0 Å². The second kappa shape index (κ2) is 6.18. The van der Waals surface area contributed by atoms with Crippen LogP contribution in [-0.4, -0.2) is 29.6 Å². The number of benzene rings is 1. The van der Waals surface area contributed by atoms with Crippen LogP contribution in [0.15, 0.2) is 47.5 Å². The molecule has 0 spiro atoms. The Balaban J connectivity index is 2.21. The summed E-state index contributed by atoms with van der Waals surface area (Å²) in [5.41, 5.74) is 2.57. The van der Waals surface area contributed by atoms with E-state index in [4.69, 9.17) is 4.52 Å². The number of carbonyl (C=O) groups is 1. The smallest absolute Gasteiger partial charge is 0.276 e. The van der Waals surface area contributed by atoms with E-state index in [9.17, 15) is 4.79 Å². The van der Waals surface area contributed by atoms with Crippen molar-refractivity contribution >= 4 is 5.91 Å². The average Bonchev–Trinajstić information content (AvgIpc) is 2.95. The zero-order valence-corrected chi connectivity index (χ0v) is 13.6. The van der Waals surface area contributed by atoms with Gasteiger partial charge in [0.05, 0.1) is 0 Å². The van der Waals surface area contributed by atoms with E-state index in [2.05, 4.69) is 44.6 Å². The van der Waals surface area contributed by atoms with Crippen LogP contribution in [-0.2, 0) is 5.41 Å². The van der Waals surface area contributed by atoms with E-state index in [-0.39, 0.29) is 11.3 Å². The molecule has 1 heterocycles. The highest BCUT2D eigenvalue weighted by atomic mass is 16.5. The van der Waals surface area contributed by atoms with Gasteiger partial charge in [-0.1, -0.05) is 56.3 Å². The number of hydrogen-bond acceptors (Lipinski definition) is 3. The summed E-state index contributed by atoms with van der Waals surface area (Å²) in [6, 6.07) is 9.80. The minimum atomic E-state index is -0.179. The van der Waals surface area contributed by atoms with Crippen LogP contribution in [0.1, 0.15) is 36.8 Å². The molecule has 2 rings (SSSR count). The Labute approximate surface area is 131 Å². The fourth-order valence-corrected chi connectivity index (χ4v) is 2.12. The molecule has 0 aliphatic carbocycles. The van der Waals surface area contributed by atoms with Gasteiger partial charge in [-0.05, 0) is 11.0 Å². The number of nitrogens with zero attached hydrogens (tertiary/aromatic N) is 2. The minimum absolute atomic E-state index is 0.106. The fraction of sp³-hybridized carbons (Fsp3) is 0.333. The molecule has 1 amide bonds. The van der Waals surface area contributed by atoms with E-state index >= 15 is 0 Å². The molecule has 0 fully saturated rings. The molecule has 4 nitrogen and oxygen atoms in total. The maximum Gasteiger partial charge on any atom is 0.276 e. The predicted octanol–water partition coefficient (Wildman–Crippen LogP) is 3.90. The van der Waals surface area contributed by atoms with Gasteiger partial charge in [0.1, 0.15) is 0 Å². The number of carbonyl (C=O) groups excluding carboxylic acids is 1. The van der Waals surface area contributed by atoms with Crippen LogP contribution in [0.4, 0.5) is 0 Å². The molecule has 0 atom stereocenters. The second-order valence-electron chi connectivity index (χ2n) is 6.38. The van der Waals surface area contributed by atoms with Crippen molar-refractivity contribution in [2.75, 3.05) is 13.6 Å². The van der Waals surface area contributed by atoms with E-state index in [0.29, 0.717) is 18.0 Å². The van der Waals surface area contributed by atoms with E-state index < -0.39 is 0 Å². The first kappa shape index (κ1) is 16.0. The van der Waals surface area contributed by atoms with Crippen LogP contribution >= 0.6 is 0 Å². The van der Waals surface area contributed by atoms with Crippen LogP contribution in [0.25, 0.3) is 11.3 Å². The van der Waals surface area contributed by atoms with Crippen LogP contribution in [0.3, 0.4) is 0 Å². The van der Waals surface area contributed by atoms with Gasteiger partial charge in [-0.2, -0.15) is 0 Å². The summed E-state index contributed by atoms with van der Waals surface area (Å²) in [7, 11) is 1.70. The van der Waals surface area contributed by atoms with Crippen molar-refractivity contribution in [3.8, 4) is 11.3 Å². The largest absolute Gasteiger partial charge is 0.355 e. The molecule has 1 aromatic heterocycles. The monoisotopic (exact) mass is 298 g/mol. The highest BCUT2D eigenvalue weighted by Gasteiger charge is 2.18. The maximum absolute atomic E-state index is 12.1. The van der Waals surface area contributed by atoms with Crippen LogP contribution in [0, 0.1) is 0 Å². The standard InChI is InChI=1S/C18H22N2O2/c1-6-11-20(5)17(21)15-12-16(22-19-15)13-7-9-14(10-8-13)18(2,3)4/h6-10,12H,1,11H2,2-5H3. The third-order valence-electron chi connectivity index (χ3n) is 3.51. The Kier molecular flexibility index (Phi) is 4.50. The van der Waals surface area contributed by atoms with E-state index in [1.807, 2.05) is 12.1 Å². The Morgan fingerprint density at radius 1 is 1.32 bits per heavy atom. The molecule has 0 saturated carbocycles. The van der Waals surface area contributed by atoms with Gasteiger partial charge in [-0.15, -0.1) is 6.58 Å². The Hall–Kier alpha value is -2.36. The summed E-state index contributed by atoms with van der Waals surface area (Å²) < 4.78 is 5.30. The van der Waals surface area contributed by atoms with Gasteiger partial charge in [0.15, 0.2) is 11.5 Å². The van der Waals surface area contributed by atoms with Crippen molar-refractivity contribution in [2.45, 2.75) is 26.2 Å². The normalized spacial score (nSPS) is 11.3. The molecule has 2 aromatic rings. The van der Waals surface area contributed by atoms with Gasteiger partial charge < -0.3 is 9.42 Å². The molecule has 0 unspecified atom stereocenters. The maximum atomic E-state index is 12.1. The van der Waals surface area contributed by atoms with Gasteiger partial charge in [-0.3, -0.25) is 4.79 Å². The van der Waals surface area contributed by atoms with E-state index in [0.717, 1.165) is 5.56 Å². The molecule has 0 N–H and O–H groups in total. The molecule has 4 heteroatoms. The van der Waals surface area contributed by atoms with Crippen molar-refractivity contribution in [2.24, 2.45) is 0 Å². The minimum Gasteiger partial charge on any atom is -0.355 e. The van der Waals surface area contributed by atoms with Crippen molar-refractivity contribution < 1.29 is 9.32 Å². The van der Waals surface area contributed by atoms with E-state index in [1.54, 1.807) is 19.2 Å². The summed E-state index contributed by atoms with van der Waals surface area (Å²) in [5, 5.41) is 3.87. The van der Waals surface area contributed by atoms with Crippen molar-refractivity contribution in [3.05, 3.63) is 54.2 Å². The lowest BCUT2D eigenvalue weighted by atomic mass is 9.86. The highest BCUT2D eigenvalue weighted by Crippen LogP contribution is 2.26. The van der Waals surface area contributed by atoms with Gasteiger partial charge in [0, 0.05) is 25.2 Å². The summed E-state index contributed by atoms with van der Waals surface area (Å²) >= 11 is 0. The summed E-state index contributed by atoms with van der Waals surface area (Å²) in [6.45, 7) is 10.6. The Morgan fingerprint density at radius 3 is 2.50 bits per heavy atom. The average molecular weight is 298 g/mol. The molecule has 1 aromatic carbocycles. The number of hydrogen-bond donors (Lipinski definition) is 0. The van der Waals surface area contributed by atoms with Crippen molar-refractivity contribution in [1.82, 2.24) is 10.1 Å². The predicted molar refractivity (Wildman–Crippen MR) is 87.8 cm³/mol. The number of likely N-dealkylation sites (N-methyl/N-ethyl adjacent to an activating group) is 1. The SMILES string of the molecule is C=CCN(C)C(=O)c1cc(-c2ccc(C(C)(C)C)cc2)on1. The molecular weight excluding hydrogens is 276 g/mol. The number of rotatable bonds is 4. The van der Waals surface area contributed by atoms with Crippen molar-refractivity contribution in [1.29, 1.82) is 0 Å². The lowest BCUT2D eigenvalue weighted by Crippen LogP contribution is -2.26. The molecule has 0 aliphatic heterocycles. The highest BCUT2D eigenvalue weighted by molar-refractivity contribution is 5.93. The number of aromatic nitrogens is 1. The summed E-state index contributed by atoms with van der Waals surface area (Å²) in [5.74, 6) is 0.414. The molecule has 116 valence electrons. The van der Waals surface area contributed by atoms with Crippen LogP contribution < -0.4 is 0 Å². The summed E-state index contributed by atoms with van der Waals surface area (Å²) in [6.07, 6.45) is 1.67. The first-order valence-corrected chi connectivity index (χ1v) is 7.27. The third-order valence-corrected chi connectivity index (χ3v) is 3.51. The van der Waals surface area contributed by atoms with Gasteiger partial charge in [0.25, 0.3) is 5.91 Å². The van der Waals surface area contributed by atoms with Gasteiger partial charge in [-0.25, -0.2) is 0 Å². The molecule has 0 radical (unpaired) electrons. The Bertz CT molecular complexity index is 663. The molecular formula is C18H22N2O2. The quantitative estimate of drug-likeness (QED) is 0.804. The first-order valence-electron chi connectivity index (χ1n) is 7.27. The third kappa shape index (κ3) is 3.45. The topological polar surface area (TPSA) is 46.3 Å². The Morgan fingerprint density at radius 2 is 1.95 bits per heavy atom. The van der Waals surface area contributed by atoms with Gasteiger partial charge in [0.2, 0.25) is 0 Å². The summed E-state index contributed by atoms with van der Waals surface area (Å²) in [4.78, 5) is 13.7. The zero-order valence-electron chi connectivity index (χ0n) is 13.6. The molecule has 0 bridgehead atoms. The van der Waals surface area contributed by atoms with Gasteiger partial charge >= 0.3 is 0 Å². The lowest BCUT2D eigenvalue weighted by Gasteiger charge is -2.18. The number of amides is 1. The molecule has 0 saturated heterocycles. The van der Waals surface area contributed by atoms with E-state index in [1.165, 1.54) is 10.5 Å². The molecule has 0 aliphatic rings. The fourth-order valence-electron chi connectivity index (χ4n) is 2.12. The second-order valence-corrected chi connectivity index (χ2v) is 6.38. The first-order chi connectivity index (χ1) is 10.3. The molecule has 22 heavy (non-hydrogen) atoms. The lowest BCUT2D eigenvalue weighted by molar-refractivity contribution is 0.0800. The zero-order chi connectivity index (χ0) is 16.3. The van der Waals surface area contributed by atoms with Crippen LogP contribution in [0.2, 0.25) is 0 Å². The van der Waals surface area contributed by atoms with Crippen LogP contribution in [0.5, 0.6) is 0 Å².